The number of aryl methyl sites for hydroxylation is 2. The Bertz CT molecular complexity index is 1160. The SMILES string of the molecule is CC(=O)O[C@H]1[C@H]2[C@@H](CC[C@@H]1OC(C)=O)c1cccc(C)c1N2S(=O)(=O)c1ccc(C)cc1. The summed E-state index contributed by atoms with van der Waals surface area (Å²) in [4.78, 5) is 23.9. The van der Waals surface area contributed by atoms with Gasteiger partial charge in [-0.15, -0.1) is 0 Å². The number of hydrogen-bond acceptors (Lipinski definition) is 6. The molecule has 0 unspecified atom stereocenters. The predicted molar refractivity (Wildman–Crippen MR) is 119 cm³/mol. The van der Waals surface area contributed by atoms with Crippen LogP contribution in [0.25, 0.3) is 0 Å². The minimum Gasteiger partial charge on any atom is -0.459 e. The third kappa shape index (κ3) is 3.77. The first kappa shape index (κ1) is 22.3. The lowest BCUT2D eigenvalue weighted by Gasteiger charge is -2.42. The summed E-state index contributed by atoms with van der Waals surface area (Å²) >= 11 is 0. The number of sulfonamides is 1. The highest BCUT2D eigenvalue weighted by Gasteiger charge is 2.55. The van der Waals surface area contributed by atoms with Crippen molar-refractivity contribution < 1.29 is 27.5 Å². The van der Waals surface area contributed by atoms with Crippen LogP contribution in [0.4, 0.5) is 5.69 Å². The molecule has 2 aromatic rings. The molecule has 0 N–H and O–H groups in total. The Morgan fingerprint density at radius 3 is 2.22 bits per heavy atom. The number of esters is 2. The van der Waals surface area contributed by atoms with E-state index in [1.807, 2.05) is 32.0 Å². The van der Waals surface area contributed by atoms with Crippen molar-refractivity contribution in [2.45, 2.75) is 69.6 Å². The largest absolute Gasteiger partial charge is 0.459 e. The number of nitrogens with zero attached hydrogens (tertiary/aromatic N) is 1. The Hall–Kier alpha value is -2.87. The van der Waals surface area contributed by atoms with Gasteiger partial charge in [-0.3, -0.25) is 13.9 Å². The summed E-state index contributed by atoms with van der Waals surface area (Å²) in [5.74, 6) is -1.22. The standard InChI is InChI=1S/C24H27NO6S/c1-14-8-10-18(11-9-14)32(28,29)25-22-15(2)6-5-7-19(22)20-12-13-21(30-16(3)26)24(23(20)25)31-17(4)27/h5-11,20-21,23-24H,12-13H2,1-4H3/t20-,21-,23+,24+/m0/s1. The molecule has 2 aliphatic rings. The van der Waals surface area contributed by atoms with Gasteiger partial charge in [0.15, 0.2) is 6.10 Å². The van der Waals surface area contributed by atoms with E-state index in [4.69, 9.17) is 9.47 Å². The predicted octanol–water partition coefficient (Wildman–Crippen LogP) is 3.62. The van der Waals surface area contributed by atoms with Crippen molar-refractivity contribution in [2.75, 3.05) is 4.31 Å². The summed E-state index contributed by atoms with van der Waals surface area (Å²) in [6.45, 7) is 6.34. The van der Waals surface area contributed by atoms with Gasteiger partial charge in [-0.05, 0) is 49.9 Å². The minimum atomic E-state index is -3.98. The second-order valence-electron chi connectivity index (χ2n) is 8.52. The Labute approximate surface area is 188 Å². The van der Waals surface area contributed by atoms with Gasteiger partial charge in [-0.25, -0.2) is 8.42 Å². The van der Waals surface area contributed by atoms with Gasteiger partial charge in [-0.2, -0.15) is 0 Å². The summed E-state index contributed by atoms with van der Waals surface area (Å²) in [6.07, 6.45) is -0.550. The molecule has 0 spiro atoms. The summed E-state index contributed by atoms with van der Waals surface area (Å²) in [6, 6.07) is 11.7. The molecule has 8 heteroatoms. The molecule has 2 aromatic carbocycles. The third-order valence-electron chi connectivity index (χ3n) is 6.23. The van der Waals surface area contributed by atoms with Crippen LogP contribution in [-0.2, 0) is 29.1 Å². The molecule has 0 aromatic heterocycles. The number of carbonyl (C=O) groups is 2. The van der Waals surface area contributed by atoms with E-state index in [-0.39, 0.29) is 10.8 Å². The zero-order chi connectivity index (χ0) is 23.2. The lowest BCUT2D eigenvalue weighted by Crippen LogP contribution is -2.56. The van der Waals surface area contributed by atoms with Gasteiger partial charge in [-0.1, -0.05) is 35.9 Å². The highest BCUT2D eigenvalue weighted by Crippen LogP contribution is 2.52. The fourth-order valence-electron chi connectivity index (χ4n) is 4.98. The Morgan fingerprint density at radius 2 is 1.59 bits per heavy atom. The Kier molecular flexibility index (Phi) is 5.75. The minimum absolute atomic E-state index is 0.161. The van der Waals surface area contributed by atoms with Crippen molar-refractivity contribution in [3.8, 4) is 0 Å². The Morgan fingerprint density at radius 1 is 0.938 bits per heavy atom. The molecule has 1 heterocycles. The maximum absolute atomic E-state index is 14.0. The first-order valence-electron chi connectivity index (χ1n) is 10.7. The van der Waals surface area contributed by atoms with E-state index >= 15 is 0 Å². The normalized spacial score (nSPS) is 24.4. The lowest BCUT2D eigenvalue weighted by atomic mass is 9.79. The number of hydrogen-bond donors (Lipinski definition) is 0. The maximum atomic E-state index is 14.0. The van der Waals surface area contributed by atoms with Crippen LogP contribution in [-0.4, -0.2) is 38.6 Å². The van der Waals surface area contributed by atoms with Crippen LogP contribution in [0.1, 0.15) is 49.3 Å². The van der Waals surface area contributed by atoms with Gasteiger partial charge >= 0.3 is 11.9 Å². The molecule has 170 valence electrons. The fourth-order valence-corrected chi connectivity index (χ4v) is 6.76. The first-order chi connectivity index (χ1) is 15.1. The van der Waals surface area contributed by atoms with Crippen LogP contribution >= 0.6 is 0 Å². The number of ether oxygens (including phenoxy) is 2. The lowest BCUT2D eigenvalue weighted by molar-refractivity contribution is -0.170. The highest BCUT2D eigenvalue weighted by molar-refractivity contribution is 7.93. The highest BCUT2D eigenvalue weighted by atomic mass is 32.2. The van der Waals surface area contributed by atoms with Crippen molar-refractivity contribution >= 4 is 27.6 Å². The van der Waals surface area contributed by atoms with Crippen LogP contribution in [0.2, 0.25) is 0 Å². The quantitative estimate of drug-likeness (QED) is 0.652. The maximum Gasteiger partial charge on any atom is 0.303 e. The van der Waals surface area contributed by atoms with Gasteiger partial charge in [0, 0.05) is 19.8 Å². The molecule has 7 nitrogen and oxygen atoms in total. The number of rotatable bonds is 4. The molecule has 1 aliphatic heterocycles. The summed E-state index contributed by atoms with van der Waals surface area (Å²) in [5, 5.41) is 0. The average Bonchev–Trinajstić information content (AvgIpc) is 3.06. The van der Waals surface area contributed by atoms with Gasteiger partial charge in [0.25, 0.3) is 10.0 Å². The van der Waals surface area contributed by atoms with Gasteiger partial charge in [0.1, 0.15) is 6.10 Å². The second-order valence-corrected chi connectivity index (χ2v) is 10.3. The molecule has 1 saturated carbocycles. The average molecular weight is 458 g/mol. The van der Waals surface area contributed by atoms with E-state index in [1.54, 1.807) is 24.3 Å². The zero-order valence-electron chi connectivity index (χ0n) is 18.6. The monoisotopic (exact) mass is 457 g/mol. The summed E-state index contributed by atoms with van der Waals surface area (Å²) in [7, 11) is -3.98. The van der Waals surface area contributed by atoms with Crippen molar-refractivity contribution in [3.05, 3.63) is 59.2 Å². The zero-order valence-corrected chi connectivity index (χ0v) is 19.4. The molecule has 0 amide bonds. The molecule has 4 atom stereocenters. The van der Waals surface area contributed by atoms with Gasteiger partial charge in [0.05, 0.1) is 16.6 Å². The molecule has 1 aliphatic carbocycles. The summed E-state index contributed by atoms with van der Waals surface area (Å²) in [5.41, 5.74) is 3.29. The van der Waals surface area contributed by atoms with Crippen molar-refractivity contribution in [1.29, 1.82) is 0 Å². The topological polar surface area (TPSA) is 90.0 Å². The molecule has 0 bridgehead atoms. The Balaban J connectivity index is 1.90. The van der Waals surface area contributed by atoms with Crippen LogP contribution in [0.5, 0.6) is 0 Å². The van der Waals surface area contributed by atoms with Crippen LogP contribution < -0.4 is 4.31 Å². The molecule has 4 rings (SSSR count). The fraction of sp³-hybridized carbons (Fsp3) is 0.417. The molecule has 1 fully saturated rings. The molecule has 32 heavy (non-hydrogen) atoms. The van der Waals surface area contributed by atoms with E-state index in [0.717, 1.165) is 16.7 Å². The number of benzene rings is 2. The van der Waals surface area contributed by atoms with E-state index in [1.165, 1.54) is 18.2 Å². The molecule has 0 radical (unpaired) electrons. The number of anilines is 1. The second kappa shape index (κ2) is 8.24. The number of fused-ring (bicyclic) bond motifs is 3. The molecular formula is C24H27NO6S. The van der Waals surface area contributed by atoms with Gasteiger partial charge in [0.2, 0.25) is 0 Å². The van der Waals surface area contributed by atoms with Crippen molar-refractivity contribution in [2.24, 2.45) is 0 Å². The van der Waals surface area contributed by atoms with Crippen molar-refractivity contribution in [3.63, 3.8) is 0 Å². The summed E-state index contributed by atoms with van der Waals surface area (Å²) < 4.78 is 40.4. The number of para-hydroxylation sites is 1. The van der Waals surface area contributed by atoms with Crippen LogP contribution in [0.15, 0.2) is 47.4 Å². The van der Waals surface area contributed by atoms with Crippen LogP contribution in [0, 0.1) is 13.8 Å². The van der Waals surface area contributed by atoms with E-state index in [0.29, 0.717) is 18.5 Å². The smallest absolute Gasteiger partial charge is 0.303 e. The third-order valence-corrected chi connectivity index (χ3v) is 8.05. The van der Waals surface area contributed by atoms with E-state index in [9.17, 15) is 18.0 Å². The first-order valence-corrected chi connectivity index (χ1v) is 12.1. The van der Waals surface area contributed by atoms with Crippen LogP contribution in [0.3, 0.4) is 0 Å². The number of carbonyl (C=O) groups excluding carboxylic acids is 2. The molecular weight excluding hydrogens is 430 g/mol. The van der Waals surface area contributed by atoms with E-state index in [2.05, 4.69) is 0 Å². The van der Waals surface area contributed by atoms with Gasteiger partial charge < -0.3 is 9.47 Å². The van der Waals surface area contributed by atoms with E-state index < -0.39 is 40.2 Å². The molecule has 0 saturated heterocycles. The van der Waals surface area contributed by atoms with Crippen molar-refractivity contribution in [1.82, 2.24) is 0 Å².